The lowest BCUT2D eigenvalue weighted by Gasteiger charge is -2.27. The minimum atomic E-state index is -3.47. The van der Waals surface area contributed by atoms with Gasteiger partial charge in [0.1, 0.15) is 17.2 Å². The number of aryl methyl sites for hydroxylation is 1. The molecule has 0 spiro atoms. The zero-order valence-corrected chi connectivity index (χ0v) is 12.1. The predicted octanol–water partition coefficient (Wildman–Crippen LogP) is 1.05. The Morgan fingerprint density at radius 1 is 1.47 bits per heavy atom. The van der Waals surface area contributed by atoms with Crippen molar-refractivity contribution in [2.45, 2.75) is 44.0 Å². The monoisotopic (exact) mass is 288 g/mol. The molecule has 0 bridgehead atoms. The molecule has 1 aliphatic rings. The minimum absolute atomic E-state index is 0.145. The van der Waals surface area contributed by atoms with Gasteiger partial charge in [-0.2, -0.15) is 0 Å². The summed E-state index contributed by atoms with van der Waals surface area (Å²) in [6.07, 6.45) is 3.23. The van der Waals surface area contributed by atoms with Crippen molar-refractivity contribution in [2.24, 2.45) is 0 Å². The number of hydrogen-bond donors (Lipinski definition) is 1. The first-order chi connectivity index (χ1) is 8.81. The van der Waals surface area contributed by atoms with E-state index in [0.717, 1.165) is 12.8 Å². The zero-order chi connectivity index (χ0) is 14.1. The quantitative estimate of drug-likeness (QED) is 0.875. The van der Waals surface area contributed by atoms with Crippen LogP contribution in [0.2, 0.25) is 0 Å². The Bertz CT molecular complexity index is 532. The van der Waals surface area contributed by atoms with E-state index in [4.69, 9.17) is 4.52 Å². The number of hydrogen-bond acceptors (Lipinski definition) is 5. The molecule has 0 radical (unpaired) electrons. The van der Waals surface area contributed by atoms with Gasteiger partial charge in [-0.25, -0.2) is 12.7 Å². The van der Waals surface area contributed by atoms with Gasteiger partial charge in [0.2, 0.25) is 10.0 Å². The summed E-state index contributed by atoms with van der Waals surface area (Å²) >= 11 is 0. The Morgan fingerprint density at radius 2 is 2.11 bits per heavy atom. The van der Waals surface area contributed by atoms with E-state index in [2.05, 4.69) is 5.16 Å². The maximum atomic E-state index is 12.2. The number of nitrogens with zero attached hydrogens (tertiary/aromatic N) is 2. The molecule has 0 atom stereocenters. The van der Waals surface area contributed by atoms with Gasteiger partial charge in [0, 0.05) is 19.7 Å². The minimum Gasteiger partial charge on any atom is -0.389 e. The normalized spacial score (nSPS) is 19.2. The number of aromatic nitrogens is 1. The van der Waals surface area contributed by atoms with Crippen molar-refractivity contribution in [3.05, 3.63) is 17.5 Å². The second-order valence-corrected chi connectivity index (χ2v) is 7.45. The van der Waals surface area contributed by atoms with Crippen LogP contribution in [0.25, 0.3) is 0 Å². The average molecular weight is 288 g/mol. The standard InChI is InChI=1S/C12H20N2O4S/c1-10-7-11(13-18-10)8-19(16,17)14(2)9-12(15)5-3-4-6-12/h7,15H,3-6,8-9H2,1-2H3. The molecule has 1 aliphatic carbocycles. The Labute approximate surface area is 113 Å². The van der Waals surface area contributed by atoms with Crippen molar-refractivity contribution in [3.63, 3.8) is 0 Å². The summed E-state index contributed by atoms with van der Waals surface area (Å²) in [5, 5.41) is 13.9. The maximum absolute atomic E-state index is 12.2. The molecule has 0 amide bonds. The van der Waals surface area contributed by atoms with Crippen LogP contribution in [0.4, 0.5) is 0 Å². The molecule has 6 nitrogen and oxygen atoms in total. The highest BCUT2D eigenvalue weighted by molar-refractivity contribution is 7.88. The lowest BCUT2D eigenvalue weighted by atomic mass is 10.0. The lowest BCUT2D eigenvalue weighted by molar-refractivity contribution is 0.0333. The van der Waals surface area contributed by atoms with Crippen LogP contribution in [0.5, 0.6) is 0 Å². The average Bonchev–Trinajstić information content (AvgIpc) is 2.87. The largest absolute Gasteiger partial charge is 0.389 e. The first kappa shape index (κ1) is 14.5. The van der Waals surface area contributed by atoms with E-state index in [-0.39, 0.29) is 12.3 Å². The van der Waals surface area contributed by atoms with Crippen molar-refractivity contribution in [1.29, 1.82) is 0 Å². The first-order valence-electron chi connectivity index (χ1n) is 6.39. The first-order valence-corrected chi connectivity index (χ1v) is 8.00. The van der Waals surface area contributed by atoms with Crippen LogP contribution in [0.15, 0.2) is 10.6 Å². The van der Waals surface area contributed by atoms with Gasteiger partial charge in [-0.3, -0.25) is 0 Å². The smallest absolute Gasteiger partial charge is 0.219 e. The molecule has 0 saturated heterocycles. The van der Waals surface area contributed by atoms with Gasteiger partial charge in [-0.1, -0.05) is 18.0 Å². The summed E-state index contributed by atoms with van der Waals surface area (Å²) in [6.45, 7) is 1.86. The van der Waals surface area contributed by atoms with Crippen molar-refractivity contribution in [2.75, 3.05) is 13.6 Å². The van der Waals surface area contributed by atoms with Gasteiger partial charge in [-0.15, -0.1) is 0 Å². The highest BCUT2D eigenvalue weighted by atomic mass is 32.2. The van der Waals surface area contributed by atoms with E-state index in [1.54, 1.807) is 13.0 Å². The second kappa shape index (κ2) is 5.22. The molecule has 19 heavy (non-hydrogen) atoms. The number of aliphatic hydroxyl groups is 1. The molecule has 1 aromatic heterocycles. The Balaban J connectivity index is 2.02. The third-order valence-corrected chi connectivity index (χ3v) is 5.27. The maximum Gasteiger partial charge on any atom is 0.219 e. The van der Waals surface area contributed by atoms with Crippen LogP contribution < -0.4 is 0 Å². The van der Waals surface area contributed by atoms with E-state index >= 15 is 0 Å². The van der Waals surface area contributed by atoms with Crippen LogP contribution in [0.1, 0.15) is 37.1 Å². The third-order valence-electron chi connectivity index (χ3n) is 3.53. The van der Waals surface area contributed by atoms with Gasteiger partial charge in [-0.05, 0) is 19.8 Å². The molecular formula is C12H20N2O4S. The van der Waals surface area contributed by atoms with Gasteiger partial charge >= 0.3 is 0 Å². The van der Waals surface area contributed by atoms with E-state index in [1.807, 2.05) is 0 Å². The van der Waals surface area contributed by atoms with Crippen molar-refractivity contribution in [3.8, 4) is 0 Å². The molecule has 0 aromatic carbocycles. The van der Waals surface area contributed by atoms with E-state index in [0.29, 0.717) is 24.3 Å². The van der Waals surface area contributed by atoms with Crippen molar-refractivity contribution < 1.29 is 18.0 Å². The highest BCUT2D eigenvalue weighted by Gasteiger charge is 2.35. The van der Waals surface area contributed by atoms with E-state index in [9.17, 15) is 13.5 Å². The van der Waals surface area contributed by atoms with Gasteiger partial charge < -0.3 is 9.63 Å². The van der Waals surface area contributed by atoms with E-state index in [1.165, 1.54) is 11.4 Å². The third kappa shape index (κ3) is 3.55. The highest BCUT2D eigenvalue weighted by Crippen LogP contribution is 2.30. The number of sulfonamides is 1. The molecule has 0 aliphatic heterocycles. The topological polar surface area (TPSA) is 83.6 Å². The van der Waals surface area contributed by atoms with Crippen LogP contribution in [0, 0.1) is 6.92 Å². The Hall–Kier alpha value is -0.920. The van der Waals surface area contributed by atoms with Crippen LogP contribution in [-0.4, -0.2) is 42.2 Å². The summed E-state index contributed by atoms with van der Waals surface area (Å²) in [5.41, 5.74) is -0.482. The number of likely N-dealkylation sites (N-methyl/N-ethyl adjacent to an activating group) is 1. The summed E-state index contributed by atoms with van der Waals surface area (Å²) in [4.78, 5) is 0. The summed E-state index contributed by atoms with van der Waals surface area (Å²) in [6, 6.07) is 1.61. The molecule has 2 rings (SSSR count). The molecular weight excluding hydrogens is 268 g/mol. The molecule has 0 unspecified atom stereocenters. The lowest BCUT2D eigenvalue weighted by Crippen LogP contribution is -2.42. The SMILES string of the molecule is Cc1cc(CS(=O)(=O)N(C)CC2(O)CCCC2)no1. The molecule has 1 saturated carbocycles. The fourth-order valence-corrected chi connectivity index (χ4v) is 3.65. The summed E-state index contributed by atoms with van der Waals surface area (Å²) in [5.74, 6) is 0.388. The van der Waals surface area contributed by atoms with Crippen LogP contribution in [-0.2, 0) is 15.8 Å². The summed E-state index contributed by atoms with van der Waals surface area (Å²) < 4.78 is 30.4. The van der Waals surface area contributed by atoms with Gasteiger partial charge in [0.15, 0.2) is 0 Å². The Morgan fingerprint density at radius 3 is 2.63 bits per heavy atom. The van der Waals surface area contributed by atoms with Crippen LogP contribution >= 0.6 is 0 Å². The van der Waals surface area contributed by atoms with Crippen LogP contribution in [0.3, 0.4) is 0 Å². The van der Waals surface area contributed by atoms with Crippen molar-refractivity contribution in [1.82, 2.24) is 9.46 Å². The van der Waals surface area contributed by atoms with Crippen molar-refractivity contribution >= 4 is 10.0 Å². The molecule has 108 valence electrons. The predicted molar refractivity (Wildman–Crippen MR) is 69.9 cm³/mol. The molecule has 1 aromatic rings. The fraction of sp³-hybridized carbons (Fsp3) is 0.750. The molecule has 1 fully saturated rings. The molecule has 7 heteroatoms. The Kier molecular flexibility index (Phi) is 3.98. The fourth-order valence-electron chi connectivity index (χ4n) is 2.49. The van der Waals surface area contributed by atoms with Gasteiger partial charge in [0.05, 0.1) is 5.60 Å². The van der Waals surface area contributed by atoms with Gasteiger partial charge in [0.25, 0.3) is 0 Å². The number of rotatable bonds is 5. The molecule has 1 heterocycles. The molecule has 1 N–H and O–H groups in total. The summed E-state index contributed by atoms with van der Waals surface area (Å²) in [7, 11) is -1.98. The van der Waals surface area contributed by atoms with E-state index < -0.39 is 15.6 Å². The zero-order valence-electron chi connectivity index (χ0n) is 11.3. The second-order valence-electron chi connectivity index (χ2n) is 5.37.